The van der Waals surface area contributed by atoms with Gasteiger partial charge in [-0.15, -0.1) is 0 Å². The summed E-state index contributed by atoms with van der Waals surface area (Å²) in [5.74, 6) is 0. The van der Waals surface area contributed by atoms with Gasteiger partial charge in [0, 0.05) is 12.1 Å². The highest BCUT2D eigenvalue weighted by molar-refractivity contribution is 7.89. The van der Waals surface area contributed by atoms with E-state index in [2.05, 4.69) is 5.32 Å². The number of benzene rings is 1. The van der Waals surface area contributed by atoms with E-state index in [1.807, 2.05) is 11.6 Å². The molecule has 2 unspecified atom stereocenters. The Morgan fingerprint density at radius 1 is 1.14 bits per heavy atom. The van der Waals surface area contributed by atoms with Gasteiger partial charge in [-0.3, -0.25) is 0 Å². The molecule has 1 aromatic rings. The summed E-state index contributed by atoms with van der Waals surface area (Å²) in [7, 11) is -2.18. The van der Waals surface area contributed by atoms with Crippen molar-refractivity contribution < 1.29 is 21.6 Å². The fourth-order valence-electron chi connectivity index (χ4n) is 1.82. The Bertz CT molecular complexity index is 556. The minimum atomic E-state index is -4.41. The van der Waals surface area contributed by atoms with Crippen molar-refractivity contribution in [2.45, 2.75) is 43.4 Å². The van der Waals surface area contributed by atoms with E-state index in [1.165, 1.54) is 19.1 Å². The van der Waals surface area contributed by atoms with E-state index in [-0.39, 0.29) is 10.9 Å². The third-order valence-corrected chi connectivity index (χ3v) is 4.62. The molecular weight excluding hydrogens is 305 g/mol. The van der Waals surface area contributed by atoms with Crippen molar-refractivity contribution in [1.82, 2.24) is 10.0 Å². The van der Waals surface area contributed by atoms with Crippen LogP contribution in [0.2, 0.25) is 0 Å². The Kier molecular flexibility index (Phi) is 5.77. The van der Waals surface area contributed by atoms with Gasteiger partial charge in [0.2, 0.25) is 10.0 Å². The summed E-state index contributed by atoms with van der Waals surface area (Å²) in [6.07, 6.45) is -5.62. The van der Waals surface area contributed by atoms with Gasteiger partial charge in [-0.25, -0.2) is 13.1 Å². The molecule has 2 atom stereocenters. The van der Waals surface area contributed by atoms with Crippen LogP contribution < -0.4 is 10.0 Å². The molecule has 0 spiro atoms. The van der Waals surface area contributed by atoms with Gasteiger partial charge in [-0.1, -0.05) is 12.1 Å². The molecule has 8 heteroatoms. The maximum absolute atomic E-state index is 12.2. The summed E-state index contributed by atoms with van der Waals surface area (Å²) in [6.45, 7) is 3.09. The van der Waals surface area contributed by atoms with Crippen molar-refractivity contribution in [3.8, 4) is 0 Å². The van der Waals surface area contributed by atoms with Crippen molar-refractivity contribution in [3.05, 3.63) is 29.8 Å². The maximum Gasteiger partial charge on any atom is 0.390 e. The van der Waals surface area contributed by atoms with E-state index >= 15 is 0 Å². The first-order valence-electron chi connectivity index (χ1n) is 6.41. The molecule has 0 aliphatic heterocycles. The normalized spacial score (nSPS) is 15.7. The third kappa shape index (κ3) is 5.64. The van der Waals surface area contributed by atoms with Gasteiger partial charge in [-0.05, 0) is 38.6 Å². The molecule has 0 aliphatic rings. The smallest absolute Gasteiger partial charge is 0.313 e. The summed E-state index contributed by atoms with van der Waals surface area (Å²) >= 11 is 0. The fraction of sp³-hybridized carbons (Fsp3) is 0.538. The maximum atomic E-state index is 12.2. The molecular formula is C13H19F3N2O2S. The van der Waals surface area contributed by atoms with E-state index in [9.17, 15) is 21.6 Å². The molecule has 0 aromatic heterocycles. The predicted octanol–water partition coefficient (Wildman–Crippen LogP) is 2.59. The van der Waals surface area contributed by atoms with Crippen molar-refractivity contribution in [3.63, 3.8) is 0 Å². The molecule has 0 heterocycles. The summed E-state index contributed by atoms with van der Waals surface area (Å²) in [6, 6.07) is 4.86. The Balaban J connectivity index is 2.83. The lowest BCUT2D eigenvalue weighted by atomic mass is 10.1. The van der Waals surface area contributed by atoms with Gasteiger partial charge in [0.1, 0.15) is 0 Å². The van der Waals surface area contributed by atoms with Crippen LogP contribution in [0.4, 0.5) is 13.2 Å². The van der Waals surface area contributed by atoms with E-state index in [4.69, 9.17) is 0 Å². The molecule has 0 bridgehead atoms. The van der Waals surface area contributed by atoms with Gasteiger partial charge >= 0.3 is 6.18 Å². The number of halogens is 3. The number of sulfonamides is 1. The average Bonchev–Trinajstić information content (AvgIpc) is 2.35. The van der Waals surface area contributed by atoms with Gasteiger partial charge in [0.15, 0.2) is 0 Å². The number of alkyl halides is 3. The molecule has 1 aromatic carbocycles. The second-order valence-corrected chi connectivity index (χ2v) is 6.64. The topological polar surface area (TPSA) is 58.2 Å². The minimum Gasteiger partial charge on any atom is -0.313 e. The molecule has 0 radical (unpaired) electrons. The molecule has 0 fully saturated rings. The van der Waals surface area contributed by atoms with Crippen molar-refractivity contribution >= 4 is 10.0 Å². The van der Waals surface area contributed by atoms with Crippen LogP contribution in [-0.2, 0) is 10.0 Å². The third-order valence-electron chi connectivity index (χ3n) is 3.02. The lowest BCUT2D eigenvalue weighted by molar-refractivity contribution is -0.137. The number of hydrogen-bond donors (Lipinski definition) is 2. The van der Waals surface area contributed by atoms with Crippen molar-refractivity contribution in [1.29, 1.82) is 0 Å². The zero-order valence-corrected chi connectivity index (χ0v) is 12.8. The van der Waals surface area contributed by atoms with Gasteiger partial charge in [0.25, 0.3) is 0 Å². The van der Waals surface area contributed by atoms with Crippen LogP contribution in [0.5, 0.6) is 0 Å². The Labute approximate surface area is 122 Å². The second kappa shape index (κ2) is 6.76. The van der Waals surface area contributed by atoms with Crippen LogP contribution in [0.3, 0.4) is 0 Å². The van der Waals surface area contributed by atoms with E-state index < -0.39 is 28.7 Å². The van der Waals surface area contributed by atoms with Gasteiger partial charge < -0.3 is 5.32 Å². The highest BCUT2D eigenvalue weighted by Crippen LogP contribution is 2.22. The number of nitrogens with one attached hydrogen (secondary N) is 2. The van der Waals surface area contributed by atoms with Crippen molar-refractivity contribution in [2.75, 3.05) is 7.05 Å². The molecule has 0 aliphatic carbocycles. The minimum absolute atomic E-state index is 0.0522. The molecule has 21 heavy (non-hydrogen) atoms. The zero-order chi connectivity index (χ0) is 16.3. The van der Waals surface area contributed by atoms with E-state index in [0.717, 1.165) is 5.56 Å². The molecule has 2 N–H and O–H groups in total. The van der Waals surface area contributed by atoms with E-state index in [0.29, 0.717) is 0 Å². The molecule has 1 rings (SSSR count). The van der Waals surface area contributed by atoms with Gasteiger partial charge in [-0.2, -0.15) is 13.2 Å². The van der Waals surface area contributed by atoms with Crippen LogP contribution in [0.25, 0.3) is 0 Å². The van der Waals surface area contributed by atoms with Crippen LogP contribution in [0.15, 0.2) is 29.2 Å². The molecule has 0 saturated carbocycles. The summed E-state index contributed by atoms with van der Waals surface area (Å²) < 4.78 is 62.7. The summed E-state index contributed by atoms with van der Waals surface area (Å²) in [4.78, 5) is -0.0522. The van der Waals surface area contributed by atoms with Crippen LogP contribution in [0, 0.1) is 0 Å². The fourth-order valence-corrected chi connectivity index (χ4v) is 3.07. The SMILES string of the molecule is CNC(C)c1ccc(S(=O)(=O)NC(C)CC(F)(F)F)cc1. The summed E-state index contributed by atoms with van der Waals surface area (Å²) in [5, 5.41) is 3.01. The highest BCUT2D eigenvalue weighted by atomic mass is 32.2. The molecule has 0 amide bonds. The monoisotopic (exact) mass is 324 g/mol. The Morgan fingerprint density at radius 3 is 2.10 bits per heavy atom. The average molecular weight is 324 g/mol. The Morgan fingerprint density at radius 2 is 1.67 bits per heavy atom. The number of hydrogen-bond acceptors (Lipinski definition) is 3. The van der Waals surface area contributed by atoms with Gasteiger partial charge in [0.05, 0.1) is 11.3 Å². The van der Waals surface area contributed by atoms with E-state index in [1.54, 1.807) is 19.2 Å². The molecule has 120 valence electrons. The first kappa shape index (κ1) is 17.9. The Hall–Kier alpha value is -1.12. The van der Waals surface area contributed by atoms with Crippen LogP contribution in [-0.4, -0.2) is 27.7 Å². The standard InChI is InChI=1S/C13H19F3N2O2S/c1-9(8-13(14,15)16)18-21(19,20)12-6-4-11(5-7-12)10(2)17-3/h4-7,9-10,17-18H,8H2,1-3H3. The lowest BCUT2D eigenvalue weighted by Gasteiger charge is -2.16. The highest BCUT2D eigenvalue weighted by Gasteiger charge is 2.31. The zero-order valence-electron chi connectivity index (χ0n) is 12.0. The lowest BCUT2D eigenvalue weighted by Crippen LogP contribution is -2.35. The predicted molar refractivity (Wildman–Crippen MR) is 74.4 cm³/mol. The van der Waals surface area contributed by atoms with Crippen LogP contribution in [0.1, 0.15) is 31.9 Å². The van der Waals surface area contributed by atoms with Crippen molar-refractivity contribution in [2.24, 2.45) is 0 Å². The first-order chi connectivity index (χ1) is 9.55. The van der Waals surface area contributed by atoms with Crippen LogP contribution >= 0.6 is 0 Å². The largest absolute Gasteiger partial charge is 0.390 e. The summed E-state index contributed by atoms with van der Waals surface area (Å²) in [5.41, 5.74) is 0.889. The number of rotatable bonds is 6. The first-order valence-corrected chi connectivity index (χ1v) is 7.90. The molecule has 4 nitrogen and oxygen atoms in total. The second-order valence-electron chi connectivity index (χ2n) is 4.92. The quantitative estimate of drug-likeness (QED) is 0.845. The molecule has 0 saturated heterocycles.